The molecule has 1 aromatic rings. The highest BCUT2D eigenvalue weighted by Gasteiger charge is 2.25. The predicted molar refractivity (Wildman–Crippen MR) is 73.8 cm³/mol. The van der Waals surface area contributed by atoms with E-state index in [0.29, 0.717) is 13.1 Å². The maximum absolute atomic E-state index is 12.1. The highest BCUT2D eigenvalue weighted by molar-refractivity contribution is 7.14. The van der Waals surface area contributed by atoms with E-state index in [-0.39, 0.29) is 11.8 Å². The van der Waals surface area contributed by atoms with Crippen molar-refractivity contribution in [3.63, 3.8) is 0 Å². The van der Waals surface area contributed by atoms with E-state index in [1.165, 1.54) is 18.4 Å². The van der Waals surface area contributed by atoms with Crippen molar-refractivity contribution in [3.05, 3.63) is 21.9 Å². The average molecular weight is 282 g/mol. The van der Waals surface area contributed by atoms with Gasteiger partial charge < -0.3 is 10.1 Å². The maximum Gasteiger partial charge on any atom is 0.407 e. The van der Waals surface area contributed by atoms with Gasteiger partial charge in [0.2, 0.25) is 0 Å². The lowest BCUT2D eigenvalue weighted by molar-refractivity contribution is 0.0948. The molecule has 1 amide bonds. The normalized spacial score (nSPS) is 19.4. The van der Waals surface area contributed by atoms with Crippen molar-refractivity contribution < 1.29 is 14.3 Å². The number of ether oxygens (including phenoxy) is 1. The van der Waals surface area contributed by atoms with Crippen LogP contribution >= 0.6 is 11.3 Å². The standard InChI is InChI=1S/C13H18N2O3S/c1-9-3-4-12(19-9)11(16)8-15-6-5-10(7-15)14-13(17)18-2/h3-4,10H,5-8H2,1-2H3,(H,14,17). The first-order valence-corrected chi connectivity index (χ1v) is 7.06. The number of thiophene rings is 1. The highest BCUT2D eigenvalue weighted by atomic mass is 32.1. The number of ketones is 1. The summed E-state index contributed by atoms with van der Waals surface area (Å²) in [5, 5.41) is 2.76. The van der Waals surface area contributed by atoms with Gasteiger partial charge >= 0.3 is 6.09 Å². The SMILES string of the molecule is COC(=O)NC1CCN(CC(=O)c2ccc(C)s2)C1. The number of hydrogen-bond donors (Lipinski definition) is 1. The summed E-state index contributed by atoms with van der Waals surface area (Å²) in [6, 6.07) is 3.91. The molecule has 104 valence electrons. The zero-order valence-corrected chi connectivity index (χ0v) is 12.0. The third kappa shape index (κ3) is 3.78. The molecule has 1 unspecified atom stereocenters. The summed E-state index contributed by atoms with van der Waals surface area (Å²) in [7, 11) is 1.35. The summed E-state index contributed by atoms with van der Waals surface area (Å²) in [6.45, 7) is 3.93. The predicted octanol–water partition coefficient (Wildman–Crippen LogP) is 1.67. The molecule has 0 aliphatic carbocycles. The monoisotopic (exact) mass is 282 g/mol. The van der Waals surface area contributed by atoms with Crippen LogP contribution in [0.5, 0.6) is 0 Å². The second kappa shape index (κ2) is 6.16. The lowest BCUT2D eigenvalue weighted by Gasteiger charge is -2.15. The number of Topliss-reactive ketones (excluding diaryl/α,β-unsaturated/α-hetero) is 1. The number of rotatable bonds is 4. The molecular weight excluding hydrogens is 264 g/mol. The number of aryl methyl sites for hydroxylation is 1. The minimum absolute atomic E-state index is 0.0744. The average Bonchev–Trinajstić information content (AvgIpc) is 2.98. The van der Waals surface area contributed by atoms with E-state index in [4.69, 9.17) is 0 Å². The summed E-state index contributed by atoms with van der Waals surface area (Å²) in [5.41, 5.74) is 0. The molecule has 19 heavy (non-hydrogen) atoms. The fraction of sp³-hybridized carbons (Fsp3) is 0.538. The van der Waals surface area contributed by atoms with Crippen LogP contribution in [0.2, 0.25) is 0 Å². The van der Waals surface area contributed by atoms with Crippen molar-refractivity contribution >= 4 is 23.2 Å². The molecule has 1 aliphatic rings. The molecule has 0 spiro atoms. The van der Waals surface area contributed by atoms with Gasteiger partial charge in [-0.05, 0) is 25.5 Å². The van der Waals surface area contributed by atoms with Crippen LogP contribution in [0.1, 0.15) is 21.0 Å². The number of carbonyl (C=O) groups excluding carboxylic acids is 2. The molecular formula is C13H18N2O3S. The Morgan fingerprint density at radius 2 is 2.32 bits per heavy atom. The molecule has 0 saturated carbocycles. The molecule has 1 atom stereocenters. The Hall–Kier alpha value is -1.40. The number of nitrogens with zero attached hydrogens (tertiary/aromatic N) is 1. The molecule has 1 saturated heterocycles. The fourth-order valence-electron chi connectivity index (χ4n) is 2.19. The van der Waals surface area contributed by atoms with Gasteiger partial charge in [0.15, 0.2) is 5.78 Å². The van der Waals surface area contributed by atoms with Gasteiger partial charge in [0.1, 0.15) is 0 Å². The molecule has 0 aromatic carbocycles. The molecule has 1 fully saturated rings. The molecule has 0 radical (unpaired) electrons. The molecule has 6 heteroatoms. The van der Waals surface area contributed by atoms with E-state index < -0.39 is 6.09 Å². The van der Waals surface area contributed by atoms with Crippen molar-refractivity contribution in [1.29, 1.82) is 0 Å². The molecule has 1 aromatic heterocycles. The van der Waals surface area contributed by atoms with Crippen molar-refractivity contribution in [2.75, 3.05) is 26.7 Å². The number of hydrogen-bond acceptors (Lipinski definition) is 5. The Morgan fingerprint density at radius 1 is 1.53 bits per heavy atom. The summed E-state index contributed by atoms with van der Waals surface area (Å²) < 4.78 is 4.57. The second-order valence-electron chi connectivity index (χ2n) is 4.69. The van der Waals surface area contributed by atoms with Gasteiger partial charge in [-0.2, -0.15) is 0 Å². The Labute approximate surface area is 116 Å². The molecule has 0 bridgehead atoms. The van der Waals surface area contributed by atoms with E-state index in [9.17, 15) is 9.59 Å². The first-order valence-electron chi connectivity index (χ1n) is 6.25. The fourth-order valence-corrected chi connectivity index (χ4v) is 2.98. The minimum atomic E-state index is -0.410. The van der Waals surface area contributed by atoms with Gasteiger partial charge in [-0.15, -0.1) is 11.3 Å². The Balaban J connectivity index is 1.82. The van der Waals surface area contributed by atoms with Crippen LogP contribution in [0.15, 0.2) is 12.1 Å². The quantitative estimate of drug-likeness (QED) is 0.853. The zero-order valence-electron chi connectivity index (χ0n) is 11.1. The Kier molecular flexibility index (Phi) is 4.55. The van der Waals surface area contributed by atoms with Crippen molar-refractivity contribution in [2.45, 2.75) is 19.4 Å². The Morgan fingerprint density at radius 3 is 2.95 bits per heavy atom. The van der Waals surface area contributed by atoms with Crippen LogP contribution in [0, 0.1) is 6.92 Å². The van der Waals surface area contributed by atoms with Gasteiger partial charge in [0, 0.05) is 24.0 Å². The minimum Gasteiger partial charge on any atom is -0.453 e. The maximum atomic E-state index is 12.1. The van der Waals surface area contributed by atoms with Crippen LogP contribution in [0.25, 0.3) is 0 Å². The van der Waals surface area contributed by atoms with Gasteiger partial charge in [0.05, 0.1) is 18.5 Å². The van der Waals surface area contributed by atoms with Gasteiger partial charge in [-0.25, -0.2) is 4.79 Å². The van der Waals surface area contributed by atoms with Gasteiger partial charge in [-0.1, -0.05) is 0 Å². The van der Waals surface area contributed by atoms with Crippen LogP contribution in [0.3, 0.4) is 0 Å². The van der Waals surface area contributed by atoms with E-state index in [2.05, 4.69) is 15.0 Å². The molecule has 1 aliphatic heterocycles. The topological polar surface area (TPSA) is 58.6 Å². The van der Waals surface area contributed by atoms with Gasteiger partial charge in [-0.3, -0.25) is 9.69 Å². The first kappa shape index (κ1) is 14.0. The van der Waals surface area contributed by atoms with Crippen LogP contribution in [-0.2, 0) is 4.74 Å². The van der Waals surface area contributed by atoms with E-state index in [1.807, 2.05) is 19.1 Å². The highest BCUT2D eigenvalue weighted by Crippen LogP contribution is 2.17. The number of methoxy groups -OCH3 is 1. The summed E-state index contributed by atoms with van der Waals surface area (Å²) >= 11 is 1.53. The molecule has 2 rings (SSSR count). The smallest absolute Gasteiger partial charge is 0.407 e. The number of amides is 1. The summed E-state index contributed by atoms with van der Waals surface area (Å²) in [4.78, 5) is 27.2. The third-order valence-electron chi connectivity index (χ3n) is 3.16. The lowest BCUT2D eigenvalue weighted by atomic mass is 10.3. The third-order valence-corrected chi connectivity index (χ3v) is 4.20. The van der Waals surface area contributed by atoms with E-state index >= 15 is 0 Å². The Bertz CT molecular complexity index is 472. The van der Waals surface area contributed by atoms with Crippen molar-refractivity contribution in [3.8, 4) is 0 Å². The number of alkyl carbamates (subject to hydrolysis) is 1. The van der Waals surface area contributed by atoms with Crippen LogP contribution in [0.4, 0.5) is 4.79 Å². The number of carbonyl (C=O) groups is 2. The van der Waals surface area contributed by atoms with Crippen molar-refractivity contribution in [1.82, 2.24) is 10.2 Å². The van der Waals surface area contributed by atoms with Crippen molar-refractivity contribution in [2.24, 2.45) is 0 Å². The molecule has 1 N–H and O–H groups in total. The number of nitrogens with one attached hydrogen (secondary N) is 1. The summed E-state index contributed by atoms with van der Waals surface area (Å²) in [6.07, 6.45) is 0.443. The zero-order chi connectivity index (χ0) is 13.8. The van der Waals surface area contributed by atoms with E-state index in [1.54, 1.807) is 0 Å². The van der Waals surface area contributed by atoms with Gasteiger partial charge in [0.25, 0.3) is 0 Å². The number of likely N-dealkylation sites (tertiary alicyclic amines) is 1. The summed E-state index contributed by atoms with van der Waals surface area (Å²) in [5.74, 6) is 0.150. The first-order chi connectivity index (χ1) is 9.08. The van der Waals surface area contributed by atoms with Crippen LogP contribution in [-0.4, -0.2) is 49.6 Å². The second-order valence-corrected chi connectivity index (χ2v) is 5.98. The van der Waals surface area contributed by atoms with E-state index in [0.717, 1.165) is 22.7 Å². The van der Waals surface area contributed by atoms with Crippen LogP contribution < -0.4 is 5.32 Å². The lowest BCUT2D eigenvalue weighted by Crippen LogP contribution is -2.37. The molecule has 2 heterocycles. The largest absolute Gasteiger partial charge is 0.453 e. The molecule has 5 nitrogen and oxygen atoms in total.